The number of nitrogens with one attached hydrogen (secondary N) is 1. The summed E-state index contributed by atoms with van der Waals surface area (Å²) in [5.74, 6) is 0.100. The number of hydrogen-bond donors (Lipinski definition) is 1. The van der Waals surface area contributed by atoms with Gasteiger partial charge >= 0.3 is 0 Å². The molecule has 1 aliphatic carbocycles. The van der Waals surface area contributed by atoms with E-state index in [1.807, 2.05) is 12.1 Å². The van der Waals surface area contributed by atoms with Gasteiger partial charge in [0, 0.05) is 17.8 Å². The molecule has 1 N–H and O–H groups in total. The Morgan fingerprint density at radius 1 is 1.16 bits per heavy atom. The summed E-state index contributed by atoms with van der Waals surface area (Å²) in [6.07, 6.45) is 8.45. The lowest BCUT2D eigenvalue weighted by atomic mass is 9.92. The standard InChI is InChI=1S/C23H29N5O2S/c1-15(2)27-31(29,30)18-13-25-23(26-14-18)22-20(12-24)19-10-9-16(3)11-21(19)28(22)17-7-5-4-6-8-17/h9-11,13-15,17,20,22,27H,4-8H2,1-3H3. The second kappa shape index (κ2) is 8.56. The van der Waals surface area contributed by atoms with E-state index in [9.17, 15) is 13.7 Å². The second-order valence-corrected chi connectivity index (χ2v) is 10.6. The Morgan fingerprint density at radius 3 is 2.45 bits per heavy atom. The highest BCUT2D eigenvalue weighted by Gasteiger charge is 2.44. The number of hydrogen-bond acceptors (Lipinski definition) is 6. The first-order valence-corrected chi connectivity index (χ1v) is 12.4. The van der Waals surface area contributed by atoms with Crippen molar-refractivity contribution in [1.29, 1.82) is 5.26 Å². The topological polar surface area (TPSA) is 99.0 Å². The van der Waals surface area contributed by atoms with Crippen LogP contribution in [0.2, 0.25) is 0 Å². The molecule has 0 radical (unpaired) electrons. The number of anilines is 1. The number of aryl methyl sites for hydroxylation is 1. The smallest absolute Gasteiger partial charge is 0.243 e. The molecule has 1 aliphatic heterocycles. The van der Waals surface area contributed by atoms with Crippen molar-refractivity contribution < 1.29 is 8.42 Å². The van der Waals surface area contributed by atoms with Crippen LogP contribution in [-0.2, 0) is 10.0 Å². The Kier molecular flexibility index (Phi) is 6.00. The molecule has 1 saturated carbocycles. The molecule has 2 atom stereocenters. The van der Waals surface area contributed by atoms with Gasteiger partial charge in [0.05, 0.1) is 18.5 Å². The van der Waals surface area contributed by atoms with Crippen LogP contribution < -0.4 is 9.62 Å². The van der Waals surface area contributed by atoms with Crippen LogP contribution in [0.25, 0.3) is 0 Å². The molecular formula is C23H29N5O2S. The van der Waals surface area contributed by atoms with Crippen molar-refractivity contribution >= 4 is 15.7 Å². The zero-order valence-electron chi connectivity index (χ0n) is 18.2. The van der Waals surface area contributed by atoms with Gasteiger partial charge in [0.15, 0.2) is 5.82 Å². The fraction of sp³-hybridized carbons (Fsp3) is 0.522. The zero-order chi connectivity index (χ0) is 22.2. The van der Waals surface area contributed by atoms with Crippen LogP contribution in [0.4, 0.5) is 5.69 Å². The second-order valence-electron chi connectivity index (χ2n) is 8.87. The van der Waals surface area contributed by atoms with Crippen molar-refractivity contribution in [2.45, 2.75) is 81.8 Å². The summed E-state index contributed by atoms with van der Waals surface area (Å²) in [4.78, 5) is 11.3. The van der Waals surface area contributed by atoms with Gasteiger partial charge in [-0.25, -0.2) is 23.1 Å². The van der Waals surface area contributed by atoms with E-state index in [0.29, 0.717) is 11.9 Å². The number of benzene rings is 1. The largest absolute Gasteiger partial charge is 0.356 e. The lowest BCUT2D eigenvalue weighted by Crippen LogP contribution is -2.39. The van der Waals surface area contributed by atoms with E-state index in [1.165, 1.54) is 31.7 Å². The summed E-state index contributed by atoms with van der Waals surface area (Å²) >= 11 is 0. The molecule has 1 aromatic carbocycles. The van der Waals surface area contributed by atoms with E-state index in [4.69, 9.17) is 0 Å². The molecule has 0 bridgehead atoms. The molecule has 0 saturated heterocycles. The molecular weight excluding hydrogens is 410 g/mol. The van der Waals surface area contributed by atoms with Crippen molar-refractivity contribution in [3.8, 4) is 6.07 Å². The first kappa shape index (κ1) is 21.7. The van der Waals surface area contributed by atoms with Gasteiger partial charge in [-0.1, -0.05) is 31.4 Å². The molecule has 2 aliphatic rings. The predicted octanol–water partition coefficient (Wildman–Crippen LogP) is 3.97. The monoisotopic (exact) mass is 439 g/mol. The molecule has 1 aromatic heterocycles. The normalized spacial score (nSPS) is 21.8. The summed E-state index contributed by atoms with van der Waals surface area (Å²) in [7, 11) is -3.67. The maximum absolute atomic E-state index is 12.5. The fourth-order valence-electron chi connectivity index (χ4n) is 4.81. The van der Waals surface area contributed by atoms with E-state index in [2.05, 4.69) is 38.6 Å². The molecule has 1 fully saturated rings. The van der Waals surface area contributed by atoms with E-state index in [1.54, 1.807) is 13.8 Å². The van der Waals surface area contributed by atoms with Gasteiger partial charge in [0.1, 0.15) is 16.9 Å². The maximum Gasteiger partial charge on any atom is 0.243 e. The fourth-order valence-corrected chi connectivity index (χ4v) is 5.95. The average Bonchev–Trinajstić information content (AvgIpc) is 3.07. The van der Waals surface area contributed by atoms with Crippen LogP contribution in [0.1, 0.15) is 74.9 Å². The first-order valence-electron chi connectivity index (χ1n) is 10.9. The number of nitriles is 1. The highest BCUT2D eigenvalue weighted by atomic mass is 32.2. The van der Waals surface area contributed by atoms with Gasteiger partial charge in [-0.05, 0) is 50.8 Å². The van der Waals surface area contributed by atoms with Gasteiger partial charge < -0.3 is 4.90 Å². The number of nitrogens with zero attached hydrogens (tertiary/aromatic N) is 4. The minimum absolute atomic E-state index is 0.0361. The molecule has 2 aromatic rings. The van der Waals surface area contributed by atoms with Crippen LogP contribution in [0.5, 0.6) is 0 Å². The van der Waals surface area contributed by atoms with Crippen molar-refractivity contribution in [3.63, 3.8) is 0 Å². The molecule has 0 amide bonds. The van der Waals surface area contributed by atoms with Crippen LogP contribution in [0.15, 0.2) is 35.5 Å². The summed E-state index contributed by atoms with van der Waals surface area (Å²) in [5.41, 5.74) is 3.25. The van der Waals surface area contributed by atoms with Crippen molar-refractivity contribution in [2.75, 3.05) is 4.90 Å². The van der Waals surface area contributed by atoms with Crippen LogP contribution in [-0.4, -0.2) is 30.5 Å². The Labute approximate surface area is 184 Å². The predicted molar refractivity (Wildman–Crippen MR) is 119 cm³/mol. The molecule has 2 heterocycles. The van der Waals surface area contributed by atoms with Gasteiger partial charge in [0.2, 0.25) is 10.0 Å². The highest BCUT2D eigenvalue weighted by molar-refractivity contribution is 7.89. The van der Waals surface area contributed by atoms with Crippen LogP contribution in [0, 0.1) is 18.3 Å². The van der Waals surface area contributed by atoms with Crippen molar-refractivity contribution in [2.24, 2.45) is 0 Å². The summed E-state index contributed by atoms with van der Waals surface area (Å²) in [6.45, 7) is 5.60. The van der Waals surface area contributed by atoms with E-state index < -0.39 is 15.9 Å². The van der Waals surface area contributed by atoms with Gasteiger partial charge in [-0.3, -0.25) is 0 Å². The minimum Gasteiger partial charge on any atom is -0.356 e. The number of fused-ring (bicyclic) bond motifs is 1. The van der Waals surface area contributed by atoms with E-state index in [0.717, 1.165) is 29.7 Å². The molecule has 4 rings (SSSR count). The van der Waals surface area contributed by atoms with Gasteiger partial charge in [-0.15, -0.1) is 0 Å². The minimum atomic E-state index is -3.67. The molecule has 8 heteroatoms. The molecule has 2 unspecified atom stereocenters. The third-order valence-electron chi connectivity index (χ3n) is 6.14. The number of aromatic nitrogens is 2. The first-order chi connectivity index (χ1) is 14.8. The third-order valence-corrected chi connectivity index (χ3v) is 7.75. The Hall–Kier alpha value is -2.50. The molecule has 31 heavy (non-hydrogen) atoms. The Morgan fingerprint density at radius 2 is 1.84 bits per heavy atom. The lowest BCUT2D eigenvalue weighted by Gasteiger charge is -2.37. The van der Waals surface area contributed by atoms with Gasteiger partial charge in [-0.2, -0.15) is 5.26 Å². The summed E-state index contributed by atoms with van der Waals surface area (Å²) in [6, 6.07) is 8.50. The van der Waals surface area contributed by atoms with E-state index in [-0.39, 0.29) is 17.0 Å². The van der Waals surface area contributed by atoms with Crippen LogP contribution >= 0.6 is 0 Å². The van der Waals surface area contributed by atoms with Crippen LogP contribution in [0.3, 0.4) is 0 Å². The maximum atomic E-state index is 12.5. The summed E-state index contributed by atoms with van der Waals surface area (Å²) < 4.78 is 27.5. The van der Waals surface area contributed by atoms with Crippen molar-refractivity contribution in [3.05, 3.63) is 47.5 Å². The quantitative estimate of drug-likeness (QED) is 0.757. The Bertz CT molecular complexity index is 1090. The third kappa shape index (κ3) is 4.17. The SMILES string of the molecule is Cc1ccc2c(c1)N(C1CCCCC1)C(c1ncc(S(=O)(=O)NC(C)C)cn1)C2C#N. The zero-order valence-corrected chi connectivity index (χ0v) is 19.1. The molecule has 0 spiro atoms. The number of sulfonamides is 1. The number of rotatable bonds is 5. The van der Waals surface area contributed by atoms with Gasteiger partial charge in [0.25, 0.3) is 0 Å². The molecule has 7 nitrogen and oxygen atoms in total. The molecule has 164 valence electrons. The Balaban J connectivity index is 1.75. The average molecular weight is 440 g/mol. The van der Waals surface area contributed by atoms with E-state index >= 15 is 0 Å². The van der Waals surface area contributed by atoms with Crippen molar-refractivity contribution in [1.82, 2.24) is 14.7 Å². The lowest BCUT2D eigenvalue weighted by molar-refractivity contribution is 0.386. The highest BCUT2D eigenvalue weighted by Crippen LogP contribution is 2.50. The summed E-state index contributed by atoms with van der Waals surface area (Å²) in [5, 5.41) is 10.1.